The Morgan fingerprint density at radius 2 is 2.21 bits per heavy atom. The molecule has 0 aliphatic carbocycles. The molecular formula is C13H15ClN2O3. The van der Waals surface area contributed by atoms with E-state index in [9.17, 15) is 9.59 Å². The Bertz CT molecular complexity index is 503. The molecule has 0 radical (unpaired) electrons. The molecule has 5 nitrogen and oxygen atoms in total. The van der Waals surface area contributed by atoms with Crippen LogP contribution in [-0.2, 0) is 4.79 Å². The molecular weight excluding hydrogens is 268 g/mol. The van der Waals surface area contributed by atoms with Gasteiger partial charge in [-0.15, -0.1) is 6.58 Å². The van der Waals surface area contributed by atoms with Gasteiger partial charge in [0.1, 0.15) is 6.54 Å². The van der Waals surface area contributed by atoms with Crippen molar-refractivity contribution in [1.82, 2.24) is 4.90 Å². The minimum atomic E-state index is -1.09. The molecule has 0 aliphatic heterocycles. The number of hydrogen-bond acceptors (Lipinski definition) is 2. The van der Waals surface area contributed by atoms with Crippen LogP contribution in [0.3, 0.4) is 0 Å². The molecule has 0 aliphatic rings. The first-order valence-corrected chi connectivity index (χ1v) is 5.96. The number of aliphatic carboxylic acids is 1. The lowest BCUT2D eigenvalue weighted by Gasteiger charge is -2.20. The van der Waals surface area contributed by atoms with E-state index in [0.717, 1.165) is 10.5 Å². The molecule has 0 aromatic heterocycles. The van der Waals surface area contributed by atoms with Crippen molar-refractivity contribution >= 4 is 29.3 Å². The molecule has 0 saturated heterocycles. The highest BCUT2D eigenvalue weighted by molar-refractivity contribution is 6.33. The average Bonchev–Trinajstić information content (AvgIpc) is 2.31. The number of nitrogens with zero attached hydrogens (tertiary/aromatic N) is 1. The van der Waals surface area contributed by atoms with Gasteiger partial charge in [-0.1, -0.05) is 23.7 Å². The summed E-state index contributed by atoms with van der Waals surface area (Å²) in [5, 5.41) is 11.7. The van der Waals surface area contributed by atoms with Gasteiger partial charge in [-0.25, -0.2) is 4.79 Å². The van der Waals surface area contributed by atoms with Gasteiger partial charge in [0.2, 0.25) is 0 Å². The van der Waals surface area contributed by atoms with E-state index in [1.807, 2.05) is 6.92 Å². The van der Waals surface area contributed by atoms with Crippen molar-refractivity contribution in [3.63, 3.8) is 0 Å². The smallest absolute Gasteiger partial charge is 0.323 e. The van der Waals surface area contributed by atoms with Crippen molar-refractivity contribution in [2.75, 3.05) is 18.4 Å². The number of benzene rings is 1. The second kappa shape index (κ2) is 6.80. The predicted molar refractivity (Wildman–Crippen MR) is 74.6 cm³/mol. The summed E-state index contributed by atoms with van der Waals surface area (Å²) in [5.41, 5.74) is 1.41. The second-order valence-electron chi connectivity index (χ2n) is 3.98. The quantitative estimate of drug-likeness (QED) is 0.816. The lowest BCUT2D eigenvalue weighted by molar-refractivity contribution is -0.137. The Labute approximate surface area is 116 Å². The summed E-state index contributed by atoms with van der Waals surface area (Å²) in [7, 11) is 0. The highest BCUT2D eigenvalue weighted by atomic mass is 35.5. The molecule has 0 unspecified atom stereocenters. The van der Waals surface area contributed by atoms with E-state index in [0.29, 0.717) is 10.7 Å². The molecule has 6 heteroatoms. The standard InChI is InChI=1S/C13H15ClN2O3/c1-3-6-16(8-12(17)18)13(19)15-11-5-4-9(2)7-10(11)14/h3-5,7H,1,6,8H2,2H3,(H,15,19)(H,17,18). The van der Waals surface area contributed by atoms with Gasteiger partial charge in [-0.2, -0.15) is 0 Å². The number of halogens is 1. The number of amides is 2. The zero-order valence-corrected chi connectivity index (χ0v) is 11.3. The Hall–Kier alpha value is -2.01. The highest BCUT2D eigenvalue weighted by Gasteiger charge is 2.16. The Morgan fingerprint density at radius 3 is 2.74 bits per heavy atom. The minimum absolute atomic E-state index is 0.140. The van der Waals surface area contributed by atoms with Crippen LogP contribution in [0.1, 0.15) is 5.56 Å². The Morgan fingerprint density at radius 1 is 1.53 bits per heavy atom. The number of nitrogens with one attached hydrogen (secondary N) is 1. The largest absolute Gasteiger partial charge is 0.480 e. The van der Waals surface area contributed by atoms with E-state index < -0.39 is 18.5 Å². The SMILES string of the molecule is C=CCN(CC(=O)O)C(=O)Nc1ccc(C)cc1Cl. The van der Waals surface area contributed by atoms with Gasteiger partial charge in [-0.3, -0.25) is 4.79 Å². The lowest BCUT2D eigenvalue weighted by atomic mass is 10.2. The number of carboxylic acids is 1. The van der Waals surface area contributed by atoms with Gasteiger partial charge < -0.3 is 15.3 Å². The number of carbonyl (C=O) groups excluding carboxylic acids is 1. The fourth-order valence-electron chi connectivity index (χ4n) is 1.45. The van der Waals surface area contributed by atoms with Crippen LogP contribution in [0.5, 0.6) is 0 Å². The summed E-state index contributed by atoms with van der Waals surface area (Å²) < 4.78 is 0. The molecule has 1 aromatic carbocycles. The van der Waals surface area contributed by atoms with Gasteiger partial charge in [0.25, 0.3) is 0 Å². The van der Waals surface area contributed by atoms with Crippen molar-refractivity contribution in [2.24, 2.45) is 0 Å². The molecule has 0 spiro atoms. The van der Waals surface area contributed by atoms with Gasteiger partial charge >= 0.3 is 12.0 Å². The van der Waals surface area contributed by atoms with E-state index in [2.05, 4.69) is 11.9 Å². The molecule has 19 heavy (non-hydrogen) atoms. The molecule has 1 rings (SSSR count). The second-order valence-corrected chi connectivity index (χ2v) is 4.38. The molecule has 0 heterocycles. The number of urea groups is 1. The van der Waals surface area contributed by atoms with Crippen LogP contribution in [-0.4, -0.2) is 35.1 Å². The number of anilines is 1. The maximum atomic E-state index is 11.9. The summed E-state index contributed by atoms with van der Waals surface area (Å²) in [4.78, 5) is 23.7. The molecule has 2 amide bonds. The summed E-state index contributed by atoms with van der Waals surface area (Å²) in [6.07, 6.45) is 1.46. The molecule has 0 fully saturated rings. The number of carbonyl (C=O) groups is 2. The molecule has 0 bridgehead atoms. The zero-order valence-electron chi connectivity index (χ0n) is 10.5. The van der Waals surface area contributed by atoms with E-state index in [-0.39, 0.29) is 6.54 Å². The van der Waals surface area contributed by atoms with Crippen LogP contribution in [0.2, 0.25) is 5.02 Å². The summed E-state index contributed by atoms with van der Waals surface area (Å²) in [6.45, 7) is 5.11. The first kappa shape index (κ1) is 15.0. The van der Waals surface area contributed by atoms with E-state index in [1.165, 1.54) is 6.08 Å². The normalized spacial score (nSPS) is 9.79. The van der Waals surface area contributed by atoms with Crippen molar-refractivity contribution in [1.29, 1.82) is 0 Å². The lowest BCUT2D eigenvalue weighted by Crippen LogP contribution is -2.38. The summed E-state index contributed by atoms with van der Waals surface area (Å²) >= 11 is 5.99. The molecule has 102 valence electrons. The minimum Gasteiger partial charge on any atom is -0.480 e. The van der Waals surface area contributed by atoms with Gasteiger partial charge in [-0.05, 0) is 24.6 Å². The summed E-state index contributed by atoms with van der Waals surface area (Å²) in [5.74, 6) is -1.09. The van der Waals surface area contributed by atoms with E-state index >= 15 is 0 Å². The van der Waals surface area contributed by atoms with Crippen LogP contribution in [0.25, 0.3) is 0 Å². The van der Waals surface area contributed by atoms with Gasteiger partial charge in [0.05, 0.1) is 10.7 Å². The van der Waals surface area contributed by atoms with Crippen molar-refractivity contribution in [3.8, 4) is 0 Å². The van der Waals surface area contributed by atoms with E-state index in [1.54, 1.807) is 18.2 Å². The van der Waals surface area contributed by atoms with Gasteiger partial charge in [0.15, 0.2) is 0 Å². The van der Waals surface area contributed by atoms with Crippen molar-refractivity contribution < 1.29 is 14.7 Å². The number of hydrogen-bond donors (Lipinski definition) is 2. The highest BCUT2D eigenvalue weighted by Crippen LogP contribution is 2.22. The van der Waals surface area contributed by atoms with Crippen LogP contribution in [0, 0.1) is 6.92 Å². The monoisotopic (exact) mass is 282 g/mol. The van der Waals surface area contributed by atoms with Crippen LogP contribution in [0.15, 0.2) is 30.9 Å². The topological polar surface area (TPSA) is 69.6 Å². The predicted octanol–water partition coefficient (Wildman–Crippen LogP) is 2.75. The maximum Gasteiger partial charge on any atom is 0.323 e. The third kappa shape index (κ3) is 4.63. The van der Waals surface area contributed by atoms with E-state index in [4.69, 9.17) is 16.7 Å². The van der Waals surface area contributed by atoms with Crippen LogP contribution < -0.4 is 5.32 Å². The fourth-order valence-corrected chi connectivity index (χ4v) is 1.74. The molecule has 2 N–H and O–H groups in total. The molecule has 0 atom stereocenters. The Balaban J connectivity index is 2.80. The molecule has 0 saturated carbocycles. The van der Waals surface area contributed by atoms with Crippen molar-refractivity contribution in [3.05, 3.63) is 41.4 Å². The van der Waals surface area contributed by atoms with Crippen molar-refractivity contribution in [2.45, 2.75) is 6.92 Å². The number of aryl methyl sites for hydroxylation is 1. The zero-order chi connectivity index (χ0) is 14.4. The third-order valence-electron chi connectivity index (χ3n) is 2.33. The Kier molecular flexibility index (Phi) is 5.38. The summed E-state index contributed by atoms with van der Waals surface area (Å²) in [6, 6.07) is 4.65. The third-order valence-corrected chi connectivity index (χ3v) is 2.64. The molecule has 1 aromatic rings. The first-order chi connectivity index (χ1) is 8.93. The first-order valence-electron chi connectivity index (χ1n) is 5.58. The van der Waals surface area contributed by atoms with Crippen LogP contribution in [0.4, 0.5) is 10.5 Å². The van der Waals surface area contributed by atoms with Crippen LogP contribution >= 0.6 is 11.6 Å². The number of rotatable bonds is 5. The fraction of sp³-hybridized carbons (Fsp3) is 0.231. The average molecular weight is 283 g/mol. The van der Waals surface area contributed by atoms with Gasteiger partial charge in [0, 0.05) is 6.54 Å². The maximum absolute atomic E-state index is 11.9. The number of carboxylic acid groups (broad SMARTS) is 1.